The van der Waals surface area contributed by atoms with Crippen molar-refractivity contribution in [1.29, 1.82) is 0 Å². The van der Waals surface area contributed by atoms with Crippen LogP contribution in [0.1, 0.15) is 31.1 Å². The Balaban J connectivity index is 1.89. The van der Waals surface area contributed by atoms with Gasteiger partial charge in [0.2, 0.25) is 0 Å². The van der Waals surface area contributed by atoms with Gasteiger partial charge in [0.05, 0.1) is 16.8 Å². The van der Waals surface area contributed by atoms with Crippen molar-refractivity contribution in [3.05, 3.63) is 87.4 Å². The van der Waals surface area contributed by atoms with Crippen molar-refractivity contribution in [2.75, 3.05) is 5.32 Å². The third-order valence-electron chi connectivity index (χ3n) is 3.94. The van der Waals surface area contributed by atoms with E-state index in [1.807, 2.05) is 0 Å². The maximum absolute atomic E-state index is 12.6. The number of para-hydroxylation sites is 2. The third-order valence-corrected chi connectivity index (χ3v) is 4.38. The van der Waals surface area contributed by atoms with Gasteiger partial charge in [-0.25, -0.2) is 9.59 Å². The fraction of sp³-hybridized carbons (Fsp3) is 0. The summed E-state index contributed by atoms with van der Waals surface area (Å²) in [7, 11) is 0. The van der Waals surface area contributed by atoms with E-state index in [1.54, 1.807) is 24.3 Å². The van der Waals surface area contributed by atoms with Crippen LogP contribution in [-0.2, 0) is 0 Å². The summed E-state index contributed by atoms with van der Waals surface area (Å²) < 4.78 is 5.70. The smallest absolute Gasteiger partial charge is 0.336 e. The van der Waals surface area contributed by atoms with E-state index >= 15 is 0 Å². The molecule has 0 aliphatic heterocycles. The molecule has 152 valence electrons. The molecule has 9 heteroatoms. The summed E-state index contributed by atoms with van der Waals surface area (Å²) in [6, 6.07) is 14.4. The number of anilines is 1. The van der Waals surface area contributed by atoms with Crippen molar-refractivity contribution in [2.45, 2.75) is 0 Å². The predicted octanol–water partition coefficient (Wildman–Crippen LogP) is 5.43. The van der Waals surface area contributed by atoms with Crippen molar-refractivity contribution in [3.8, 4) is 11.5 Å². The zero-order chi connectivity index (χ0) is 21.8. The Hall–Kier alpha value is -3.55. The first kappa shape index (κ1) is 21.2. The average molecular weight is 446 g/mol. The summed E-state index contributed by atoms with van der Waals surface area (Å²) in [6.45, 7) is 0. The minimum Gasteiger partial charge on any atom is -0.478 e. The van der Waals surface area contributed by atoms with E-state index in [0.717, 1.165) is 12.1 Å². The molecule has 3 N–H and O–H groups in total. The minimum atomic E-state index is -1.41. The number of hydrogen-bond donors (Lipinski definition) is 3. The second-order valence-electron chi connectivity index (χ2n) is 6.03. The summed E-state index contributed by atoms with van der Waals surface area (Å²) in [6.07, 6.45) is 0. The molecular formula is C21H13Cl2NO6. The number of hydrogen-bond acceptors (Lipinski definition) is 4. The first-order valence-corrected chi connectivity index (χ1v) is 9.15. The molecule has 0 unspecified atom stereocenters. The van der Waals surface area contributed by atoms with Gasteiger partial charge in [0.15, 0.2) is 5.75 Å². The lowest BCUT2D eigenvalue weighted by molar-refractivity contribution is 0.0651. The van der Waals surface area contributed by atoms with Gasteiger partial charge in [-0.2, -0.15) is 0 Å². The highest BCUT2D eigenvalue weighted by atomic mass is 35.5. The van der Waals surface area contributed by atoms with Crippen LogP contribution >= 0.6 is 23.2 Å². The van der Waals surface area contributed by atoms with E-state index in [4.69, 9.17) is 33.0 Å². The van der Waals surface area contributed by atoms with E-state index in [0.29, 0.717) is 15.7 Å². The maximum Gasteiger partial charge on any atom is 0.336 e. The quantitative estimate of drug-likeness (QED) is 0.465. The van der Waals surface area contributed by atoms with Crippen molar-refractivity contribution >= 4 is 46.7 Å². The van der Waals surface area contributed by atoms with Crippen LogP contribution in [0.5, 0.6) is 11.5 Å². The van der Waals surface area contributed by atoms with Gasteiger partial charge < -0.3 is 20.3 Å². The predicted molar refractivity (Wildman–Crippen MR) is 111 cm³/mol. The fourth-order valence-corrected chi connectivity index (χ4v) is 3.14. The number of benzene rings is 3. The van der Waals surface area contributed by atoms with Gasteiger partial charge >= 0.3 is 11.9 Å². The number of halogens is 2. The Bertz CT molecular complexity index is 1140. The van der Waals surface area contributed by atoms with E-state index in [2.05, 4.69) is 5.32 Å². The number of ether oxygens (including phenoxy) is 1. The third kappa shape index (κ3) is 4.89. The number of carboxylic acids is 2. The van der Waals surface area contributed by atoms with Gasteiger partial charge in [-0.1, -0.05) is 35.3 Å². The summed E-state index contributed by atoms with van der Waals surface area (Å²) in [4.78, 5) is 35.1. The highest BCUT2D eigenvalue weighted by Gasteiger charge is 2.18. The van der Waals surface area contributed by atoms with Gasteiger partial charge in [-0.15, -0.1) is 0 Å². The molecule has 0 heterocycles. The van der Waals surface area contributed by atoms with E-state index in [-0.39, 0.29) is 22.6 Å². The van der Waals surface area contributed by atoms with E-state index < -0.39 is 23.4 Å². The number of carbonyl (C=O) groups excluding carboxylic acids is 1. The maximum atomic E-state index is 12.6. The summed E-state index contributed by atoms with van der Waals surface area (Å²) in [5.74, 6) is -2.95. The zero-order valence-corrected chi connectivity index (χ0v) is 16.6. The Kier molecular flexibility index (Phi) is 6.25. The van der Waals surface area contributed by atoms with Crippen LogP contribution in [0, 0.1) is 0 Å². The summed E-state index contributed by atoms with van der Waals surface area (Å²) in [5, 5.41) is 21.6. The molecule has 0 bridgehead atoms. The molecule has 3 aromatic rings. The number of rotatable bonds is 6. The normalized spacial score (nSPS) is 10.3. The number of amides is 1. The minimum absolute atomic E-state index is 0.0879. The number of carbonyl (C=O) groups is 3. The van der Waals surface area contributed by atoms with E-state index in [1.165, 1.54) is 24.3 Å². The molecule has 0 atom stereocenters. The summed E-state index contributed by atoms with van der Waals surface area (Å²) >= 11 is 11.9. The lowest BCUT2D eigenvalue weighted by atomic mass is 10.1. The number of nitrogens with one attached hydrogen (secondary N) is 1. The second-order valence-corrected chi connectivity index (χ2v) is 6.90. The Labute approximate surface area is 180 Å². The van der Waals surface area contributed by atoms with Crippen molar-refractivity contribution in [2.24, 2.45) is 0 Å². The van der Waals surface area contributed by atoms with Crippen LogP contribution < -0.4 is 10.1 Å². The van der Waals surface area contributed by atoms with Gasteiger partial charge in [0.1, 0.15) is 5.75 Å². The van der Waals surface area contributed by atoms with Gasteiger partial charge in [0, 0.05) is 15.6 Å². The van der Waals surface area contributed by atoms with Crippen LogP contribution in [0.15, 0.2) is 60.7 Å². The van der Waals surface area contributed by atoms with Gasteiger partial charge in [-0.3, -0.25) is 4.79 Å². The van der Waals surface area contributed by atoms with Crippen LogP contribution in [0.2, 0.25) is 10.0 Å². The zero-order valence-electron chi connectivity index (χ0n) is 15.1. The number of aromatic carboxylic acids is 2. The van der Waals surface area contributed by atoms with Crippen molar-refractivity contribution in [3.63, 3.8) is 0 Å². The molecule has 3 aromatic carbocycles. The SMILES string of the molecule is O=C(Nc1ccccc1Oc1ccc(C(=O)O)c(C(=O)O)c1)c1cc(Cl)cc(Cl)c1. The molecule has 0 radical (unpaired) electrons. The first-order chi connectivity index (χ1) is 14.2. The average Bonchev–Trinajstić information content (AvgIpc) is 2.68. The molecule has 0 aliphatic carbocycles. The molecule has 1 amide bonds. The monoisotopic (exact) mass is 445 g/mol. The lowest BCUT2D eigenvalue weighted by Gasteiger charge is -2.13. The Morgan fingerprint density at radius 3 is 2.07 bits per heavy atom. The van der Waals surface area contributed by atoms with Crippen LogP contribution in [0.3, 0.4) is 0 Å². The molecule has 3 rings (SSSR count). The highest BCUT2D eigenvalue weighted by Crippen LogP contribution is 2.31. The van der Waals surface area contributed by atoms with Gasteiger partial charge in [0.25, 0.3) is 5.91 Å². The number of carboxylic acid groups (broad SMARTS) is 2. The first-order valence-electron chi connectivity index (χ1n) is 8.39. The summed E-state index contributed by atoms with van der Waals surface area (Å²) in [5.41, 5.74) is -0.247. The molecule has 0 saturated carbocycles. The lowest BCUT2D eigenvalue weighted by Crippen LogP contribution is -2.12. The molecule has 30 heavy (non-hydrogen) atoms. The topological polar surface area (TPSA) is 113 Å². The van der Waals surface area contributed by atoms with Crippen molar-refractivity contribution in [1.82, 2.24) is 0 Å². The standard InChI is InChI=1S/C21H13Cl2NO6/c22-12-7-11(8-13(23)9-12)19(25)24-17-3-1-2-4-18(17)30-14-5-6-15(20(26)27)16(10-14)21(28)29/h1-10H,(H,24,25)(H,26,27)(H,28,29). The van der Waals surface area contributed by atoms with Crippen LogP contribution in [0.4, 0.5) is 5.69 Å². The molecule has 0 fully saturated rings. The van der Waals surface area contributed by atoms with E-state index in [9.17, 15) is 19.5 Å². The van der Waals surface area contributed by atoms with Crippen LogP contribution in [0.25, 0.3) is 0 Å². The largest absolute Gasteiger partial charge is 0.478 e. The van der Waals surface area contributed by atoms with Crippen LogP contribution in [-0.4, -0.2) is 28.1 Å². The molecule has 0 aliphatic rings. The molecular weight excluding hydrogens is 433 g/mol. The molecule has 0 spiro atoms. The second kappa shape index (κ2) is 8.86. The highest BCUT2D eigenvalue weighted by molar-refractivity contribution is 6.35. The Morgan fingerprint density at radius 2 is 1.43 bits per heavy atom. The molecule has 0 aromatic heterocycles. The van der Waals surface area contributed by atoms with Crippen molar-refractivity contribution < 1.29 is 29.3 Å². The Morgan fingerprint density at radius 1 is 0.800 bits per heavy atom. The molecule has 0 saturated heterocycles. The molecule has 7 nitrogen and oxygen atoms in total. The fourth-order valence-electron chi connectivity index (χ4n) is 2.62. The van der Waals surface area contributed by atoms with Gasteiger partial charge in [-0.05, 0) is 48.5 Å².